The van der Waals surface area contributed by atoms with Crippen molar-refractivity contribution in [3.8, 4) is 0 Å². The number of para-hydroxylation sites is 1. The Morgan fingerprint density at radius 1 is 1.12 bits per heavy atom. The molecule has 7 nitrogen and oxygen atoms in total. The van der Waals surface area contributed by atoms with Crippen molar-refractivity contribution in [3.05, 3.63) is 47.2 Å². The Morgan fingerprint density at radius 3 is 2.54 bits per heavy atom. The number of hydrogen-bond acceptors (Lipinski definition) is 5. The van der Waals surface area contributed by atoms with Crippen molar-refractivity contribution < 1.29 is 22.4 Å². The van der Waals surface area contributed by atoms with Gasteiger partial charge in [0.15, 0.2) is 5.76 Å². The summed E-state index contributed by atoms with van der Waals surface area (Å²) in [7, 11) is -3.78. The van der Waals surface area contributed by atoms with Crippen molar-refractivity contribution in [1.82, 2.24) is 4.31 Å². The summed E-state index contributed by atoms with van der Waals surface area (Å²) in [5.41, 5.74) is 0.415. The average Bonchev–Trinajstić information content (AvgIpc) is 3.09. The van der Waals surface area contributed by atoms with Crippen LogP contribution in [0.4, 0.5) is 5.69 Å². The number of amides is 1. The number of ether oxygens (including phenoxy) is 1. The van der Waals surface area contributed by atoms with Gasteiger partial charge in [-0.05, 0) is 24.3 Å². The molecule has 1 aromatic heterocycles. The van der Waals surface area contributed by atoms with Gasteiger partial charge in [-0.1, -0.05) is 23.7 Å². The zero-order valence-electron chi connectivity index (χ0n) is 12.6. The maximum atomic E-state index is 12.5. The molecule has 0 aliphatic carbocycles. The van der Waals surface area contributed by atoms with Crippen molar-refractivity contribution in [1.29, 1.82) is 0 Å². The number of benzene rings is 1. The fourth-order valence-corrected chi connectivity index (χ4v) is 3.74. The van der Waals surface area contributed by atoms with Gasteiger partial charge in [0.2, 0.25) is 5.09 Å². The van der Waals surface area contributed by atoms with E-state index in [4.69, 9.17) is 20.8 Å². The fourth-order valence-electron chi connectivity index (χ4n) is 2.24. The van der Waals surface area contributed by atoms with E-state index in [1.54, 1.807) is 24.3 Å². The Kier molecular flexibility index (Phi) is 4.91. The highest BCUT2D eigenvalue weighted by Gasteiger charge is 2.30. The lowest BCUT2D eigenvalue weighted by Gasteiger charge is -2.24. The second-order valence-electron chi connectivity index (χ2n) is 5.07. The van der Waals surface area contributed by atoms with E-state index in [1.165, 1.54) is 16.4 Å². The molecule has 1 aliphatic heterocycles. The van der Waals surface area contributed by atoms with Crippen LogP contribution in [0, 0.1) is 0 Å². The predicted octanol–water partition coefficient (Wildman–Crippen LogP) is 2.21. The van der Waals surface area contributed by atoms with E-state index in [2.05, 4.69) is 5.32 Å². The molecule has 1 fully saturated rings. The van der Waals surface area contributed by atoms with E-state index in [1.807, 2.05) is 0 Å². The lowest BCUT2D eigenvalue weighted by Crippen LogP contribution is -2.40. The van der Waals surface area contributed by atoms with Gasteiger partial charge in [-0.25, -0.2) is 8.42 Å². The van der Waals surface area contributed by atoms with Crippen molar-refractivity contribution in [2.75, 3.05) is 31.6 Å². The lowest BCUT2D eigenvalue weighted by atomic mass is 10.3. The highest BCUT2D eigenvalue weighted by atomic mass is 35.5. The monoisotopic (exact) mass is 370 g/mol. The number of carbonyl (C=O) groups is 1. The topological polar surface area (TPSA) is 88.9 Å². The Morgan fingerprint density at radius 2 is 1.83 bits per heavy atom. The van der Waals surface area contributed by atoms with E-state index in [-0.39, 0.29) is 23.9 Å². The number of rotatable bonds is 4. The molecular formula is C15H15ClN2O5S. The first-order valence-electron chi connectivity index (χ1n) is 7.22. The first kappa shape index (κ1) is 17.0. The van der Waals surface area contributed by atoms with Crippen molar-refractivity contribution in [3.63, 3.8) is 0 Å². The number of nitrogens with one attached hydrogen (secondary N) is 1. The summed E-state index contributed by atoms with van der Waals surface area (Å²) in [4.78, 5) is 12.2. The molecule has 1 aliphatic rings. The quantitative estimate of drug-likeness (QED) is 0.891. The Bertz CT molecular complexity index is 843. The van der Waals surface area contributed by atoms with Crippen LogP contribution in [0.3, 0.4) is 0 Å². The van der Waals surface area contributed by atoms with Gasteiger partial charge in [0.25, 0.3) is 15.9 Å². The molecule has 128 valence electrons. The molecule has 0 atom stereocenters. The van der Waals surface area contributed by atoms with Gasteiger partial charge < -0.3 is 14.5 Å². The molecular weight excluding hydrogens is 356 g/mol. The summed E-state index contributed by atoms with van der Waals surface area (Å²) >= 11 is 5.98. The fraction of sp³-hybridized carbons (Fsp3) is 0.267. The second kappa shape index (κ2) is 6.94. The molecule has 1 N–H and O–H groups in total. The number of morpholine rings is 1. The van der Waals surface area contributed by atoms with E-state index in [9.17, 15) is 13.2 Å². The summed E-state index contributed by atoms with van der Waals surface area (Å²) in [6.07, 6.45) is 0. The average molecular weight is 371 g/mol. The number of nitrogens with zero attached hydrogens (tertiary/aromatic N) is 1. The third kappa shape index (κ3) is 3.46. The van der Waals surface area contributed by atoms with Gasteiger partial charge in [-0.3, -0.25) is 4.79 Å². The molecule has 24 heavy (non-hydrogen) atoms. The molecule has 1 aromatic carbocycles. The number of furan rings is 1. The maximum absolute atomic E-state index is 12.5. The van der Waals surface area contributed by atoms with Crippen LogP contribution in [0.15, 0.2) is 45.9 Å². The van der Waals surface area contributed by atoms with Crippen LogP contribution in [0.25, 0.3) is 0 Å². The Hall–Kier alpha value is -1.87. The number of sulfonamides is 1. The minimum Gasteiger partial charge on any atom is -0.438 e. The molecule has 9 heteroatoms. The first-order valence-corrected chi connectivity index (χ1v) is 9.04. The highest BCUT2D eigenvalue weighted by molar-refractivity contribution is 7.89. The SMILES string of the molecule is O=C(Nc1ccccc1Cl)c1ccc(S(=O)(=O)N2CCOCC2)o1. The third-order valence-electron chi connectivity index (χ3n) is 3.49. The number of anilines is 1. The highest BCUT2D eigenvalue weighted by Crippen LogP contribution is 2.23. The maximum Gasteiger partial charge on any atom is 0.291 e. The van der Waals surface area contributed by atoms with Gasteiger partial charge in [-0.2, -0.15) is 4.31 Å². The molecule has 0 unspecified atom stereocenters. The summed E-state index contributed by atoms with van der Waals surface area (Å²) in [6.45, 7) is 1.17. The van der Waals surface area contributed by atoms with Crippen LogP contribution >= 0.6 is 11.6 Å². The normalized spacial score (nSPS) is 16.0. The van der Waals surface area contributed by atoms with E-state index in [0.717, 1.165) is 0 Å². The Balaban J connectivity index is 1.77. The van der Waals surface area contributed by atoms with Gasteiger partial charge in [0.05, 0.1) is 23.9 Å². The third-order valence-corrected chi connectivity index (χ3v) is 5.59. The van der Waals surface area contributed by atoms with Crippen molar-refractivity contribution >= 4 is 33.2 Å². The zero-order chi connectivity index (χ0) is 17.2. The summed E-state index contributed by atoms with van der Waals surface area (Å²) in [5.74, 6) is -0.687. The molecule has 0 bridgehead atoms. The summed E-state index contributed by atoms with van der Waals surface area (Å²) in [5, 5.41) is 2.68. The van der Waals surface area contributed by atoms with E-state index in [0.29, 0.717) is 23.9 Å². The van der Waals surface area contributed by atoms with Crippen LogP contribution < -0.4 is 5.32 Å². The molecule has 1 amide bonds. The van der Waals surface area contributed by atoms with Crippen molar-refractivity contribution in [2.45, 2.75) is 5.09 Å². The number of carbonyl (C=O) groups excluding carboxylic acids is 1. The molecule has 0 radical (unpaired) electrons. The largest absolute Gasteiger partial charge is 0.438 e. The first-order chi connectivity index (χ1) is 11.5. The molecule has 2 aromatic rings. The smallest absolute Gasteiger partial charge is 0.291 e. The lowest BCUT2D eigenvalue weighted by molar-refractivity contribution is 0.0723. The van der Waals surface area contributed by atoms with Crippen molar-refractivity contribution in [2.24, 2.45) is 0 Å². The van der Waals surface area contributed by atoms with Crippen LogP contribution in [0.5, 0.6) is 0 Å². The molecule has 2 heterocycles. The van der Waals surface area contributed by atoms with Gasteiger partial charge in [0.1, 0.15) is 0 Å². The van der Waals surface area contributed by atoms with Crippen LogP contribution in [0.1, 0.15) is 10.6 Å². The zero-order valence-corrected chi connectivity index (χ0v) is 14.1. The van der Waals surface area contributed by atoms with Crippen LogP contribution in [-0.2, 0) is 14.8 Å². The molecule has 3 rings (SSSR count). The Labute approximate surface area is 144 Å². The van der Waals surface area contributed by atoms with Gasteiger partial charge >= 0.3 is 0 Å². The number of halogens is 1. The van der Waals surface area contributed by atoms with Gasteiger partial charge in [0, 0.05) is 13.1 Å². The van der Waals surface area contributed by atoms with Crippen LogP contribution in [0.2, 0.25) is 5.02 Å². The molecule has 0 saturated carbocycles. The van der Waals surface area contributed by atoms with Gasteiger partial charge in [-0.15, -0.1) is 0 Å². The van der Waals surface area contributed by atoms with Crippen LogP contribution in [-0.4, -0.2) is 44.9 Å². The minimum atomic E-state index is -3.78. The minimum absolute atomic E-state index is 0.109. The second-order valence-corrected chi connectivity index (χ2v) is 7.35. The summed E-state index contributed by atoms with van der Waals surface area (Å²) in [6, 6.07) is 9.31. The predicted molar refractivity (Wildman–Crippen MR) is 87.7 cm³/mol. The van der Waals surface area contributed by atoms with E-state index >= 15 is 0 Å². The number of hydrogen-bond donors (Lipinski definition) is 1. The molecule has 1 saturated heterocycles. The van der Waals surface area contributed by atoms with E-state index < -0.39 is 15.9 Å². The standard InChI is InChI=1S/C15H15ClN2O5S/c16-11-3-1-2-4-12(11)17-15(19)13-5-6-14(23-13)24(20,21)18-7-9-22-10-8-18/h1-6H,7-10H2,(H,17,19). The summed E-state index contributed by atoms with van der Waals surface area (Å²) < 4.78 is 36.6. The molecule has 0 spiro atoms.